The molecule has 5 nitrogen and oxygen atoms in total. The second-order valence-electron chi connectivity index (χ2n) is 8.07. The van der Waals surface area contributed by atoms with E-state index in [0.717, 1.165) is 51.6 Å². The van der Waals surface area contributed by atoms with E-state index in [1.165, 1.54) is 0 Å². The largest absolute Gasteiger partial charge is 0.494 e. The normalized spacial score (nSPS) is 11.2. The molecule has 0 atom stereocenters. The Bertz CT molecular complexity index is 1450. The first-order chi connectivity index (χ1) is 16.6. The first-order valence-electron chi connectivity index (χ1n) is 11.0. The number of hydrogen-bond donors (Lipinski definition) is 1. The molecule has 4 aromatic rings. The molecular weight excluding hydrogens is 428 g/mol. The van der Waals surface area contributed by atoms with E-state index in [1.54, 1.807) is 24.3 Å². The molecule has 34 heavy (non-hydrogen) atoms. The van der Waals surface area contributed by atoms with Crippen molar-refractivity contribution in [2.45, 2.75) is 12.8 Å². The van der Waals surface area contributed by atoms with Gasteiger partial charge >= 0.3 is 5.97 Å². The van der Waals surface area contributed by atoms with Crippen molar-refractivity contribution in [2.24, 2.45) is 0 Å². The van der Waals surface area contributed by atoms with Gasteiger partial charge in [0.1, 0.15) is 11.5 Å². The smallest absolute Gasteiger partial charge is 0.336 e. The molecule has 1 aliphatic rings. The van der Waals surface area contributed by atoms with E-state index in [0.29, 0.717) is 30.0 Å². The van der Waals surface area contributed by atoms with Crippen molar-refractivity contribution < 1.29 is 24.2 Å². The summed E-state index contributed by atoms with van der Waals surface area (Å²) in [4.78, 5) is 23.3. The van der Waals surface area contributed by atoms with Crippen molar-refractivity contribution in [3.63, 3.8) is 0 Å². The monoisotopic (exact) mass is 450 g/mol. The molecule has 0 bridgehead atoms. The van der Waals surface area contributed by atoms with E-state index >= 15 is 0 Å². The highest BCUT2D eigenvalue weighted by Gasteiger charge is 2.29. The summed E-state index contributed by atoms with van der Waals surface area (Å²) in [6, 6.07) is 20.6. The van der Waals surface area contributed by atoms with Crippen molar-refractivity contribution in [3.8, 4) is 44.9 Å². The van der Waals surface area contributed by atoms with Crippen LogP contribution < -0.4 is 9.47 Å². The van der Waals surface area contributed by atoms with E-state index in [1.807, 2.05) is 42.5 Å². The van der Waals surface area contributed by atoms with Crippen molar-refractivity contribution >= 4 is 23.2 Å². The molecule has 0 heterocycles. The van der Waals surface area contributed by atoms with Gasteiger partial charge in [0.2, 0.25) is 0 Å². The van der Waals surface area contributed by atoms with Crippen LogP contribution in [0.1, 0.15) is 23.2 Å². The van der Waals surface area contributed by atoms with Crippen LogP contribution in [-0.4, -0.2) is 24.2 Å². The third-order valence-corrected chi connectivity index (χ3v) is 6.14. The topological polar surface area (TPSA) is 72.8 Å². The average molecular weight is 450 g/mol. The number of aromatic carboxylic acids is 1. The minimum atomic E-state index is -1.02. The van der Waals surface area contributed by atoms with E-state index in [4.69, 9.17) is 9.47 Å². The molecule has 0 radical (unpaired) electrons. The number of carbonyl (C=O) groups is 2. The van der Waals surface area contributed by atoms with Crippen LogP contribution in [0.2, 0.25) is 0 Å². The molecule has 0 aliphatic heterocycles. The van der Waals surface area contributed by atoms with Gasteiger partial charge in [-0.05, 0) is 70.8 Å². The molecule has 0 spiro atoms. The van der Waals surface area contributed by atoms with Gasteiger partial charge < -0.3 is 14.6 Å². The molecule has 0 saturated heterocycles. The maximum absolute atomic E-state index is 12.0. The number of carboxylic acids is 1. The molecule has 168 valence electrons. The zero-order valence-electron chi connectivity index (χ0n) is 18.4. The minimum Gasteiger partial charge on any atom is -0.494 e. The Morgan fingerprint density at radius 1 is 0.882 bits per heavy atom. The first kappa shape index (κ1) is 21.5. The van der Waals surface area contributed by atoms with Crippen LogP contribution in [0.4, 0.5) is 0 Å². The summed E-state index contributed by atoms with van der Waals surface area (Å²) < 4.78 is 11.2. The van der Waals surface area contributed by atoms with Crippen molar-refractivity contribution in [2.75, 3.05) is 6.61 Å². The number of rotatable bonds is 9. The van der Waals surface area contributed by atoms with Crippen LogP contribution in [0.3, 0.4) is 0 Å². The maximum atomic E-state index is 12.0. The number of benzene rings is 4. The number of unbranched alkanes of at least 4 members (excludes halogenated alkanes) is 1. The molecule has 0 aromatic heterocycles. The standard InChI is InChI=1S/C29H22O5/c1-2-3-6-15-33-18-9-10-20-23(11-12-24(29(31)32)25(20)16-18)28-26(34-17-30)14-13-22-19-7-4-5-8-21(19)27(22)28/h2,4-5,7-14,16-17H,1,3,6,15H2,(H,31,32). The number of ether oxygens (including phenoxy) is 2. The summed E-state index contributed by atoms with van der Waals surface area (Å²) in [5.41, 5.74) is 6.01. The highest BCUT2D eigenvalue weighted by atomic mass is 16.5. The lowest BCUT2D eigenvalue weighted by Gasteiger charge is -2.28. The minimum absolute atomic E-state index is 0.184. The van der Waals surface area contributed by atoms with Gasteiger partial charge in [0, 0.05) is 16.5 Å². The lowest BCUT2D eigenvalue weighted by atomic mass is 9.75. The van der Waals surface area contributed by atoms with Gasteiger partial charge in [-0.15, -0.1) is 6.58 Å². The first-order valence-corrected chi connectivity index (χ1v) is 11.0. The number of fused-ring (bicyclic) bond motifs is 5. The van der Waals surface area contributed by atoms with Crippen LogP contribution in [0, 0.1) is 0 Å². The third-order valence-electron chi connectivity index (χ3n) is 6.14. The zero-order chi connectivity index (χ0) is 23.7. The molecule has 5 rings (SSSR count). The molecule has 5 heteroatoms. The highest BCUT2D eigenvalue weighted by molar-refractivity contribution is 6.16. The fourth-order valence-electron chi connectivity index (χ4n) is 4.62. The molecule has 1 aliphatic carbocycles. The molecule has 0 saturated carbocycles. The summed E-state index contributed by atoms with van der Waals surface area (Å²) in [5.74, 6) is 0.0144. The summed E-state index contributed by atoms with van der Waals surface area (Å²) in [5, 5.41) is 11.1. The molecule has 0 amide bonds. The molecule has 0 unspecified atom stereocenters. The number of allylic oxidation sites excluding steroid dienone is 1. The Labute approximate surface area is 196 Å². The van der Waals surface area contributed by atoms with Crippen LogP contribution in [0.5, 0.6) is 11.5 Å². The molecule has 0 fully saturated rings. The number of carbonyl (C=O) groups excluding carboxylic acids is 1. The van der Waals surface area contributed by atoms with Crippen molar-refractivity contribution in [3.05, 3.63) is 84.9 Å². The molecule has 1 N–H and O–H groups in total. The predicted molar refractivity (Wildman–Crippen MR) is 132 cm³/mol. The molecule has 4 aromatic carbocycles. The second kappa shape index (κ2) is 8.87. The van der Waals surface area contributed by atoms with Crippen molar-refractivity contribution in [1.82, 2.24) is 0 Å². The fraction of sp³-hybridized carbons (Fsp3) is 0.103. The summed E-state index contributed by atoms with van der Waals surface area (Å²) in [6.45, 7) is 4.64. The van der Waals surface area contributed by atoms with E-state index in [2.05, 4.69) is 12.6 Å². The molecular formula is C29H22O5. The summed E-state index contributed by atoms with van der Waals surface area (Å²) in [7, 11) is 0. The Balaban J connectivity index is 1.70. The van der Waals surface area contributed by atoms with Crippen LogP contribution >= 0.6 is 0 Å². The van der Waals surface area contributed by atoms with Gasteiger partial charge in [-0.1, -0.05) is 42.5 Å². The SMILES string of the molecule is C=CCCCOc1ccc2c(-c3c(OC=O)ccc4c3-c3ccccc3-4)ccc(C(=O)O)c2c1. The van der Waals surface area contributed by atoms with Crippen molar-refractivity contribution in [1.29, 1.82) is 0 Å². The van der Waals surface area contributed by atoms with Gasteiger partial charge in [-0.2, -0.15) is 0 Å². The van der Waals surface area contributed by atoms with E-state index < -0.39 is 5.97 Å². The lowest BCUT2D eigenvalue weighted by molar-refractivity contribution is -0.120. The van der Waals surface area contributed by atoms with Gasteiger partial charge in [-0.25, -0.2) is 4.79 Å². The quantitative estimate of drug-likeness (QED) is 0.153. The van der Waals surface area contributed by atoms with E-state index in [9.17, 15) is 14.7 Å². The third kappa shape index (κ3) is 3.52. The van der Waals surface area contributed by atoms with Crippen LogP contribution in [-0.2, 0) is 4.79 Å². The van der Waals surface area contributed by atoms with Crippen LogP contribution in [0.25, 0.3) is 44.2 Å². The highest BCUT2D eigenvalue weighted by Crippen LogP contribution is 2.55. The number of hydrogen-bond acceptors (Lipinski definition) is 4. The lowest BCUT2D eigenvalue weighted by Crippen LogP contribution is -2.05. The van der Waals surface area contributed by atoms with Crippen LogP contribution in [0.15, 0.2) is 79.4 Å². The summed E-state index contributed by atoms with van der Waals surface area (Å²) in [6.07, 6.45) is 3.51. The Morgan fingerprint density at radius 3 is 2.44 bits per heavy atom. The van der Waals surface area contributed by atoms with E-state index in [-0.39, 0.29) is 5.56 Å². The second-order valence-corrected chi connectivity index (χ2v) is 8.07. The average Bonchev–Trinajstić information content (AvgIpc) is 2.84. The summed E-state index contributed by atoms with van der Waals surface area (Å²) >= 11 is 0. The Kier molecular flexibility index (Phi) is 5.60. The fourth-order valence-corrected chi connectivity index (χ4v) is 4.62. The Hall–Kier alpha value is -4.38. The predicted octanol–water partition coefficient (Wildman–Crippen LogP) is 6.73. The van der Waals surface area contributed by atoms with Gasteiger partial charge in [-0.3, -0.25) is 4.79 Å². The van der Waals surface area contributed by atoms with Gasteiger partial charge in [0.25, 0.3) is 6.47 Å². The van der Waals surface area contributed by atoms with Gasteiger partial charge in [0.15, 0.2) is 0 Å². The zero-order valence-corrected chi connectivity index (χ0v) is 18.4. The Morgan fingerprint density at radius 2 is 1.68 bits per heavy atom. The maximum Gasteiger partial charge on any atom is 0.336 e. The van der Waals surface area contributed by atoms with Gasteiger partial charge in [0.05, 0.1) is 12.2 Å². The number of carboxylic acid groups (broad SMARTS) is 1.